The molecule has 11 heteroatoms. The SMILES string of the molecule is CCOc1ccc2nc(N(CCCN3CCOCC3)C(=O)c3ccc(S(=O)(=O)N(CC)c4ccccc4)cc3)sc2c1. The zero-order valence-corrected chi connectivity index (χ0v) is 25.6. The Hall–Kier alpha value is -3.51. The van der Waals surface area contributed by atoms with Crippen molar-refractivity contribution < 1.29 is 22.7 Å². The van der Waals surface area contributed by atoms with Crippen LogP contribution in [-0.4, -0.2) is 76.8 Å². The first kappa shape index (κ1) is 30.0. The zero-order chi connectivity index (χ0) is 29.5. The Kier molecular flexibility index (Phi) is 9.73. The fraction of sp³-hybridized carbons (Fsp3) is 0.355. The van der Waals surface area contributed by atoms with Gasteiger partial charge in [0.2, 0.25) is 0 Å². The van der Waals surface area contributed by atoms with Crippen molar-refractivity contribution in [3.05, 3.63) is 78.4 Å². The third-order valence-corrected chi connectivity index (χ3v) is 10.1. The minimum atomic E-state index is -3.80. The highest BCUT2D eigenvalue weighted by molar-refractivity contribution is 7.92. The Morgan fingerprint density at radius 3 is 2.45 bits per heavy atom. The lowest BCUT2D eigenvalue weighted by Crippen LogP contribution is -2.39. The van der Waals surface area contributed by atoms with Crippen LogP contribution in [0.15, 0.2) is 77.7 Å². The predicted molar refractivity (Wildman–Crippen MR) is 167 cm³/mol. The van der Waals surface area contributed by atoms with Crippen molar-refractivity contribution in [2.45, 2.75) is 25.2 Å². The second-order valence-corrected chi connectivity index (χ2v) is 12.7. The van der Waals surface area contributed by atoms with Gasteiger partial charge in [-0.15, -0.1) is 0 Å². The third kappa shape index (κ3) is 6.75. The summed E-state index contributed by atoms with van der Waals surface area (Å²) in [6.45, 7) is 9.11. The Labute approximate surface area is 251 Å². The topological polar surface area (TPSA) is 92.3 Å². The van der Waals surface area contributed by atoms with Gasteiger partial charge < -0.3 is 9.47 Å². The maximum Gasteiger partial charge on any atom is 0.264 e. The molecule has 1 saturated heterocycles. The molecule has 0 saturated carbocycles. The largest absolute Gasteiger partial charge is 0.494 e. The van der Waals surface area contributed by atoms with Crippen LogP contribution >= 0.6 is 11.3 Å². The number of thiazole rings is 1. The molecule has 9 nitrogen and oxygen atoms in total. The lowest BCUT2D eigenvalue weighted by Gasteiger charge is -2.27. The number of anilines is 2. The number of para-hydroxylation sites is 1. The van der Waals surface area contributed by atoms with Gasteiger partial charge in [0.25, 0.3) is 15.9 Å². The molecule has 0 unspecified atom stereocenters. The van der Waals surface area contributed by atoms with Crippen molar-refractivity contribution in [2.24, 2.45) is 0 Å². The van der Waals surface area contributed by atoms with Gasteiger partial charge >= 0.3 is 0 Å². The molecule has 2 heterocycles. The van der Waals surface area contributed by atoms with Gasteiger partial charge in [0.15, 0.2) is 5.13 Å². The van der Waals surface area contributed by atoms with Gasteiger partial charge in [-0.05, 0) is 74.9 Å². The molecule has 0 aliphatic carbocycles. The first-order valence-corrected chi connectivity index (χ1v) is 16.5. The van der Waals surface area contributed by atoms with E-state index in [1.807, 2.05) is 43.3 Å². The number of carbonyl (C=O) groups excluding carboxylic acids is 1. The van der Waals surface area contributed by atoms with E-state index in [1.165, 1.54) is 27.8 Å². The van der Waals surface area contributed by atoms with E-state index in [-0.39, 0.29) is 17.3 Å². The number of hydrogen-bond donors (Lipinski definition) is 0. The molecule has 5 rings (SSSR count). The maximum absolute atomic E-state index is 13.9. The highest BCUT2D eigenvalue weighted by atomic mass is 32.2. The van der Waals surface area contributed by atoms with E-state index in [9.17, 15) is 13.2 Å². The summed E-state index contributed by atoms with van der Waals surface area (Å²) in [6.07, 6.45) is 0.765. The predicted octanol–water partition coefficient (Wildman–Crippen LogP) is 5.28. The van der Waals surface area contributed by atoms with Crippen LogP contribution in [0.4, 0.5) is 10.8 Å². The number of amides is 1. The molecule has 1 amide bonds. The van der Waals surface area contributed by atoms with Gasteiger partial charge in [-0.25, -0.2) is 13.4 Å². The summed E-state index contributed by atoms with van der Waals surface area (Å²) in [5.74, 6) is 0.541. The molecular weight excluding hydrogens is 572 g/mol. The Balaban J connectivity index is 1.40. The Morgan fingerprint density at radius 1 is 1.02 bits per heavy atom. The third-order valence-electron chi connectivity index (χ3n) is 7.12. The molecule has 0 radical (unpaired) electrons. The second-order valence-electron chi connectivity index (χ2n) is 9.85. The van der Waals surface area contributed by atoms with Crippen LogP contribution in [0, 0.1) is 0 Å². The normalized spacial score (nSPS) is 14.1. The first-order valence-electron chi connectivity index (χ1n) is 14.2. The van der Waals surface area contributed by atoms with Crippen molar-refractivity contribution >= 4 is 48.3 Å². The summed E-state index contributed by atoms with van der Waals surface area (Å²) in [5.41, 5.74) is 1.79. The number of rotatable bonds is 12. The minimum Gasteiger partial charge on any atom is -0.494 e. The number of ether oxygens (including phenoxy) is 2. The highest BCUT2D eigenvalue weighted by Gasteiger charge is 2.26. The van der Waals surface area contributed by atoms with E-state index in [0.717, 1.165) is 55.2 Å². The smallest absolute Gasteiger partial charge is 0.264 e. The van der Waals surface area contributed by atoms with E-state index in [0.29, 0.717) is 29.5 Å². The molecule has 0 spiro atoms. The monoisotopic (exact) mass is 608 g/mol. The van der Waals surface area contributed by atoms with E-state index in [4.69, 9.17) is 14.5 Å². The standard InChI is InChI=1S/C31H36N4O5S2/c1-3-35(25-9-6-5-7-10-25)42(37,38)27-14-11-24(12-15-27)30(36)34(18-8-17-33-19-21-39-22-20-33)31-32-28-16-13-26(40-4-2)23-29(28)41-31/h5-7,9-16,23H,3-4,8,17-22H2,1-2H3. The average molecular weight is 609 g/mol. The number of carbonyl (C=O) groups is 1. The molecule has 0 atom stereocenters. The van der Waals surface area contributed by atoms with Crippen molar-refractivity contribution in [1.29, 1.82) is 0 Å². The van der Waals surface area contributed by atoms with Crippen molar-refractivity contribution in [1.82, 2.24) is 9.88 Å². The quantitative estimate of drug-likeness (QED) is 0.216. The van der Waals surface area contributed by atoms with Crippen LogP contribution in [0.5, 0.6) is 5.75 Å². The molecular formula is C31H36N4O5S2. The van der Waals surface area contributed by atoms with Crippen LogP contribution in [0.2, 0.25) is 0 Å². The van der Waals surface area contributed by atoms with Gasteiger partial charge in [-0.2, -0.15) is 0 Å². The number of fused-ring (bicyclic) bond motifs is 1. The summed E-state index contributed by atoms with van der Waals surface area (Å²) < 4.78 is 40.3. The fourth-order valence-electron chi connectivity index (χ4n) is 4.96. The second kappa shape index (κ2) is 13.6. The molecule has 4 aromatic rings. The maximum atomic E-state index is 13.9. The first-order chi connectivity index (χ1) is 20.4. The summed E-state index contributed by atoms with van der Waals surface area (Å²) in [7, 11) is -3.80. The van der Waals surface area contributed by atoms with Gasteiger partial charge in [0, 0.05) is 38.3 Å². The number of benzene rings is 3. The number of morpholine rings is 1. The van der Waals surface area contributed by atoms with E-state index in [2.05, 4.69) is 4.90 Å². The number of nitrogens with zero attached hydrogens (tertiary/aromatic N) is 4. The van der Waals surface area contributed by atoms with Crippen molar-refractivity contribution in [2.75, 3.05) is 61.7 Å². The van der Waals surface area contributed by atoms with Crippen molar-refractivity contribution in [3.63, 3.8) is 0 Å². The highest BCUT2D eigenvalue weighted by Crippen LogP contribution is 2.33. The van der Waals surface area contributed by atoms with Gasteiger partial charge in [-0.3, -0.25) is 18.9 Å². The molecule has 1 fully saturated rings. The van der Waals surface area contributed by atoms with Gasteiger partial charge in [-0.1, -0.05) is 29.5 Å². The van der Waals surface area contributed by atoms with Crippen LogP contribution in [-0.2, 0) is 14.8 Å². The molecule has 0 bridgehead atoms. The van der Waals surface area contributed by atoms with Crippen LogP contribution in [0.1, 0.15) is 30.6 Å². The van der Waals surface area contributed by atoms with Crippen molar-refractivity contribution in [3.8, 4) is 5.75 Å². The Bertz CT molecular complexity index is 1590. The van der Waals surface area contributed by atoms with E-state index < -0.39 is 10.0 Å². The molecule has 1 aliphatic heterocycles. The summed E-state index contributed by atoms with van der Waals surface area (Å²) in [5, 5.41) is 0.601. The Morgan fingerprint density at radius 2 is 1.76 bits per heavy atom. The molecule has 222 valence electrons. The fourth-order valence-corrected chi connectivity index (χ4v) is 7.46. The van der Waals surface area contributed by atoms with Crippen LogP contribution in [0.3, 0.4) is 0 Å². The lowest BCUT2D eigenvalue weighted by molar-refractivity contribution is 0.0376. The van der Waals surface area contributed by atoms with Crippen LogP contribution in [0.25, 0.3) is 10.2 Å². The zero-order valence-electron chi connectivity index (χ0n) is 23.9. The van der Waals surface area contributed by atoms with Gasteiger partial charge in [0.1, 0.15) is 5.75 Å². The average Bonchev–Trinajstić information content (AvgIpc) is 3.44. The lowest BCUT2D eigenvalue weighted by atomic mass is 10.2. The van der Waals surface area contributed by atoms with Crippen LogP contribution < -0.4 is 13.9 Å². The van der Waals surface area contributed by atoms with E-state index >= 15 is 0 Å². The minimum absolute atomic E-state index is 0.132. The molecule has 1 aromatic heterocycles. The number of aromatic nitrogens is 1. The molecule has 0 N–H and O–H groups in total. The molecule has 1 aliphatic rings. The summed E-state index contributed by atoms with van der Waals surface area (Å²) in [4.78, 5) is 22.9. The molecule has 3 aromatic carbocycles. The number of hydrogen-bond acceptors (Lipinski definition) is 8. The van der Waals surface area contributed by atoms with E-state index in [1.54, 1.807) is 36.1 Å². The summed E-state index contributed by atoms with van der Waals surface area (Å²) in [6, 6.07) is 20.9. The molecule has 42 heavy (non-hydrogen) atoms. The number of sulfonamides is 1. The summed E-state index contributed by atoms with van der Waals surface area (Å²) >= 11 is 1.44. The van der Waals surface area contributed by atoms with Gasteiger partial charge in [0.05, 0.1) is 40.6 Å².